The number of carboxylic acid groups (broad SMARTS) is 1. The number of carboxylic acids is 1. The summed E-state index contributed by atoms with van der Waals surface area (Å²) in [4.78, 5) is 13.5. The summed E-state index contributed by atoms with van der Waals surface area (Å²) in [5.74, 6) is -0.307. The number of nitrogens with zero attached hydrogens (tertiary/aromatic N) is 3. The molecule has 2 atom stereocenters. The average molecular weight is 538 g/mol. The number of aryl methyl sites for hydroxylation is 1. The normalized spacial score (nSPS) is 18.9. The van der Waals surface area contributed by atoms with Gasteiger partial charge in [-0.15, -0.1) is 0 Å². The van der Waals surface area contributed by atoms with Gasteiger partial charge in [-0.1, -0.05) is 60.1 Å². The van der Waals surface area contributed by atoms with Crippen molar-refractivity contribution < 1.29 is 9.90 Å². The van der Waals surface area contributed by atoms with Crippen LogP contribution in [0.1, 0.15) is 66.5 Å². The molecule has 1 aliphatic heterocycles. The number of fused-ring (bicyclic) bond motifs is 1. The van der Waals surface area contributed by atoms with E-state index in [-0.39, 0.29) is 12.1 Å². The lowest BCUT2D eigenvalue weighted by atomic mass is 9.83. The first kappa shape index (κ1) is 25.4. The van der Waals surface area contributed by atoms with Crippen molar-refractivity contribution in [3.8, 4) is 11.1 Å². The highest BCUT2D eigenvalue weighted by atomic mass is 35.5. The summed E-state index contributed by atoms with van der Waals surface area (Å²) in [6.07, 6.45) is 10.2. The first-order valence-corrected chi connectivity index (χ1v) is 14.0. The van der Waals surface area contributed by atoms with Crippen LogP contribution in [0.4, 0.5) is 5.69 Å². The minimum Gasteiger partial charge on any atom is -0.478 e. The molecule has 4 aromatic rings. The Morgan fingerprint density at radius 2 is 1.82 bits per heavy atom. The van der Waals surface area contributed by atoms with Gasteiger partial charge >= 0.3 is 5.97 Å². The van der Waals surface area contributed by atoms with E-state index in [1.165, 1.54) is 41.2 Å². The summed E-state index contributed by atoms with van der Waals surface area (Å²) in [7, 11) is 0. The molecular formula is C33H32ClN3O2. The van der Waals surface area contributed by atoms with Gasteiger partial charge in [-0.25, -0.2) is 4.79 Å². The number of hydrogen-bond donors (Lipinski definition) is 1. The second kappa shape index (κ2) is 10.4. The lowest BCUT2D eigenvalue weighted by Gasteiger charge is -2.44. The minimum atomic E-state index is -0.954. The number of aliphatic carboxylic acids is 1. The fourth-order valence-electron chi connectivity index (χ4n) is 5.81. The minimum absolute atomic E-state index is 0.0297. The molecule has 2 heterocycles. The van der Waals surface area contributed by atoms with Crippen LogP contribution in [0.2, 0.25) is 5.02 Å². The van der Waals surface area contributed by atoms with Crippen molar-refractivity contribution in [1.82, 2.24) is 9.78 Å². The van der Waals surface area contributed by atoms with Gasteiger partial charge in [0.05, 0.1) is 22.9 Å². The molecule has 0 spiro atoms. The van der Waals surface area contributed by atoms with Crippen LogP contribution in [0.3, 0.4) is 0 Å². The molecular weight excluding hydrogens is 506 g/mol. The lowest BCUT2D eigenvalue weighted by molar-refractivity contribution is -0.131. The number of hydrogen-bond acceptors (Lipinski definition) is 3. The Morgan fingerprint density at radius 1 is 1.05 bits per heavy atom. The van der Waals surface area contributed by atoms with Crippen LogP contribution in [0, 0.1) is 0 Å². The third kappa shape index (κ3) is 5.11. The Labute approximate surface area is 234 Å². The first-order chi connectivity index (χ1) is 18.9. The summed E-state index contributed by atoms with van der Waals surface area (Å²) in [5.41, 5.74) is 9.26. The van der Waals surface area contributed by atoms with Crippen LogP contribution in [0.15, 0.2) is 79.1 Å². The van der Waals surface area contributed by atoms with Crippen molar-refractivity contribution >= 4 is 29.3 Å². The number of anilines is 1. The molecule has 198 valence electrons. The maximum atomic E-state index is 11.0. The van der Waals surface area contributed by atoms with Gasteiger partial charge in [0, 0.05) is 30.4 Å². The molecule has 39 heavy (non-hydrogen) atoms. The zero-order valence-corrected chi connectivity index (χ0v) is 23.0. The topological polar surface area (TPSA) is 58.4 Å². The standard InChI is InChI=1S/C33H32ClN3O2/c1-3-36-20-28(19-35-36)25-11-13-29-27(17-25)16-21(2)37(31-14-12-26(18-30(31)34)23-9-10-23)33(29)24-7-4-22(5-8-24)6-15-32(38)39/h4-8,11-15,17-21,23,33H,3,9-10,16H2,1-2H3,(H,38,39)/b15-6+/t21-,33-/m1/s1. The van der Waals surface area contributed by atoms with Crippen molar-refractivity contribution in [3.63, 3.8) is 0 Å². The summed E-state index contributed by atoms with van der Waals surface area (Å²) < 4.78 is 1.95. The molecule has 1 saturated carbocycles. The van der Waals surface area contributed by atoms with Crippen LogP contribution < -0.4 is 4.90 Å². The third-order valence-corrected chi connectivity index (χ3v) is 8.27. The summed E-state index contributed by atoms with van der Waals surface area (Å²) in [5, 5.41) is 14.3. The molecule has 0 radical (unpaired) electrons. The van der Waals surface area contributed by atoms with Gasteiger partial charge < -0.3 is 10.0 Å². The predicted molar refractivity (Wildman–Crippen MR) is 157 cm³/mol. The van der Waals surface area contributed by atoms with Crippen LogP contribution >= 0.6 is 11.6 Å². The summed E-state index contributed by atoms with van der Waals surface area (Å²) in [6.45, 7) is 5.21. The zero-order valence-electron chi connectivity index (χ0n) is 22.2. The highest BCUT2D eigenvalue weighted by Crippen LogP contribution is 2.47. The molecule has 6 heteroatoms. The van der Waals surface area contributed by atoms with Gasteiger partial charge in [-0.2, -0.15) is 5.10 Å². The molecule has 0 saturated heterocycles. The fraction of sp³-hybridized carbons (Fsp3) is 0.273. The van der Waals surface area contributed by atoms with E-state index >= 15 is 0 Å². The monoisotopic (exact) mass is 537 g/mol. The van der Waals surface area contributed by atoms with Gasteiger partial charge in [0.1, 0.15) is 0 Å². The third-order valence-electron chi connectivity index (χ3n) is 7.97. The SMILES string of the molecule is CCn1cc(-c2ccc3c(c2)C[C@@H](C)N(c2ccc(C4CC4)cc2Cl)[C@@H]3c2ccc(/C=C/C(=O)O)cc2)cn1. The molecule has 0 unspecified atom stereocenters. The van der Waals surface area contributed by atoms with E-state index in [0.717, 1.165) is 40.4 Å². The molecule has 5 nitrogen and oxygen atoms in total. The van der Waals surface area contributed by atoms with Gasteiger partial charge in [0.2, 0.25) is 0 Å². The van der Waals surface area contributed by atoms with Crippen LogP contribution in [-0.4, -0.2) is 26.9 Å². The highest BCUT2D eigenvalue weighted by molar-refractivity contribution is 6.33. The highest BCUT2D eigenvalue weighted by Gasteiger charge is 2.35. The quantitative estimate of drug-likeness (QED) is 0.245. The van der Waals surface area contributed by atoms with E-state index in [0.29, 0.717) is 5.92 Å². The van der Waals surface area contributed by atoms with E-state index in [1.54, 1.807) is 6.08 Å². The Balaban J connectivity index is 1.44. The molecule has 0 amide bonds. The maximum Gasteiger partial charge on any atom is 0.328 e. The van der Waals surface area contributed by atoms with E-state index in [9.17, 15) is 4.79 Å². The van der Waals surface area contributed by atoms with Crippen LogP contribution in [0.5, 0.6) is 0 Å². The molecule has 3 aromatic carbocycles. The summed E-state index contributed by atoms with van der Waals surface area (Å²) >= 11 is 6.98. The lowest BCUT2D eigenvalue weighted by Crippen LogP contribution is -2.43. The molecule has 0 bridgehead atoms. The van der Waals surface area contributed by atoms with E-state index in [1.807, 2.05) is 23.0 Å². The second-order valence-electron chi connectivity index (χ2n) is 10.7. The Bertz CT molecular complexity index is 1550. The van der Waals surface area contributed by atoms with E-state index in [2.05, 4.69) is 78.6 Å². The summed E-state index contributed by atoms with van der Waals surface area (Å²) in [6, 6.07) is 21.7. The maximum absolute atomic E-state index is 11.0. The first-order valence-electron chi connectivity index (χ1n) is 13.7. The average Bonchev–Trinajstić information content (AvgIpc) is 3.68. The fourth-order valence-corrected chi connectivity index (χ4v) is 6.10. The molecule has 1 N–H and O–H groups in total. The Morgan fingerprint density at radius 3 is 2.49 bits per heavy atom. The van der Waals surface area contributed by atoms with E-state index < -0.39 is 5.97 Å². The number of rotatable bonds is 7. The van der Waals surface area contributed by atoms with Crippen molar-refractivity contribution in [1.29, 1.82) is 0 Å². The molecule has 1 aliphatic carbocycles. The van der Waals surface area contributed by atoms with Crippen LogP contribution in [0.25, 0.3) is 17.2 Å². The van der Waals surface area contributed by atoms with E-state index in [4.69, 9.17) is 16.7 Å². The largest absolute Gasteiger partial charge is 0.478 e. The van der Waals surface area contributed by atoms with Gasteiger partial charge in [-0.3, -0.25) is 4.68 Å². The van der Waals surface area contributed by atoms with Crippen molar-refractivity contribution in [2.24, 2.45) is 0 Å². The molecule has 1 fully saturated rings. The van der Waals surface area contributed by atoms with Crippen molar-refractivity contribution in [2.75, 3.05) is 4.90 Å². The Kier molecular flexibility index (Phi) is 6.78. The number of carbonyl (C=O) groups is 1. The van der Waals surface area contributed by atoms with Gasteiger partial charge in [0.15, 0.2) is 0 Å². The molecule has 1 aromatic heterocycles. The van der Waals surface area contributed by atoms with Crippen molar-refractivity contribution in [2.45, 2.75) is 57.7 Å². The van der Waals surface area contributed by atoms with Crippen LogP contribution in [-0.2, 0) is 17.8 Å². The smallest absolute Gasteiger partial charge is 0.328 e. The molecule has 6 rings (SSSR count). The number of benzene rings is 3. The number of aromatic nitrogens is 2. The van der Waals surface area contributed by atoms with Gasteiger partial charge in [0.25, 0.3) is 0 Å². The van der Waals surface area contributed by atoms with Gasteiger partial charge in [-0.05, 0) is 90.6 Å². The van der Waals surface area contributed by atoms with Crippen molar-refractivity contribution in [3.05, 3.63) is 112 Å². The number of halogens is 1. The predicted octanol–water partition coefficient (Wildman–Crippen LogP) is 7.74. The molecule has 2 aliphatic rings. The Hall–Kier alpha value is -3.83. The zero-order chi connectivity index (χ0) is 27.1. The second-order valence-corrected chi connectivity index (χ2v) is 11.1.